The van der Waals surface area contributed by atoms with Gasteiger partial charge in [0.25, 0.3) is 0 Å². The summed E-state index contributed by atoms with van der Waals surface area (Å²) < 4.78 is 17.2. The molecule has 2 N–H and O–H groups in total. The van der Waals surface area contributed by atoms with E-state index in [4.69, 9.17) is 10.5 Å². The van der Waals surface area contributed by atoms with Gasteiger partial charge >= 0.3 is 0 Å². The number of nitrogens with two attached hydrogens (primary N) is 1. The predicted molar refractivity (Wildman–Crippen MR) is 82.9 cm³/mol. The Balaban J connectivity index is 1.56. The molecule has 3 nitrogen and oxygen atoms in total. The molecule has 0 aromatic rings. The van der Waals surface area contributed by atoms with Gasteiger partial charge < -0.3 is 10.5 Å². The third-order valence-corrected chi connectivity index (χ3v) is 7.43. The second-order valence-electron chi connectivity index (χ2n) is 7.54. The summed E-state index contributed by atoms with van der Waals surface area (Å²) in [5.74, 6) is 4.22. The molecular weight excluding hydrogens is 270 g/mol. The Morgan fingerprint density at radius 3 is 2.25 bits per heavy atom. The van der Waals surface area contributed by atoms with Crippen molar-refractivity contribution in [1.29, 1.82) is 0 Å². The summed E-state index contributed by atoms with van der Waals surface area (Å²) in [5, 5.41) is 0. The maximum atomic E-state index is 12.2. The van der Waals surface area contributed by atoms with E-state index in [1.165, 1.54) is 38.5 Å². The van der Waals surface area contributed by atoms with Crippen LogP contribution >= 0.6 is 0 Å². The number of hydrogen-bond donors (Lipinski definition) is 1. The summed E-state index contributed by atoms with van der Waals surface area (Å²) >= 11 is 0. The van der Waals surface area contributed by atoms with E-state index in [1.54, 1.807) is 7.11 Å². The summed E-state index contributed by atoms with van der Waals surface area (Å²) in [5.41, 5.74) is 6.89. The van der Waals surface area contributed by atoms with Crippen molar-refractivity contribution in [3.05, 3.63) is 0 Å². The lowest BCUT2D eigenvalue weighted by molar-refractivity contribution is -0.0630. The molecule has 0 spiro atoms. The highest BCUT2D eigenvalue weighted by atomic mass is 32.2. The van der Waals surface area contributed by atoms with Crippen molar-refractivity contribution in [2.45, 2.75) is 51.0 Å². The van der Waals surface area contributed by atoms with E-state index >= 15 is 0 Å². The van der Waals surface area contributed by atoms with Crippen molar-refractivity contribution in [2.75, 3.05) is 25.2 Å². The highest BCUT2D eigenvalue weighted by Gasteiger charge is 2.53. The monoisotopic (exact) mass is 299 g/mol. The SMILES string of the molecule is COCCCS(=O)CC(N)C12CC3CC(CC(C3)C1)C2. The highest BCUT2D eigenvalue weighted by Crippen LogP contribution is 2.61. The van der Waals surface area contributed by atoms with Crippen LogP contribution in [0.4, 0.5) is 0 Å². The molecule has 4 aliphatic rings. The van der Waals surface area contributed by atoms with Crippen molar-refractivity contribution in [3.63, 3.8) is 0 Å². The van der Waals surface area contributed by atoms with Gasteiger partial charge in [-0.05, 0) is 68.1 Å². The van der Waals surface area contributed by atoms with Gasteiger partial charge in [-0.15, -0.1) is 0 Å². The lowest BCUT2D eigenvalue weighted by Gasteiger charge is -2.58. The third kappa shape index (κ3) is 2.97. The molecule has 4 rings (SSSR count). The minimum absolute atomic E-state index is 0.152. The zero-order valence-electron chi connectivity index (χ0n) is 12.7. The molecule has 116 valence electrons. The van der Waals surface area contributed by atoms with E-state index < -0.39 is 10.8 Å². The van der Waals surface area contributed by atoms with Crippen LogP contribution in [0.3, 0.4) is 0 Å². The van der Waals surface area contributed by atoms with E-state index in [1.807, 2.05) is 0 Å². The molecule has 2 atom stereocenters. The molecule has 4 aliphatic carbocycles. The van der Waals surface area contributed by atoms with Crippen LogP contribution in [-0.4, -0.2) is 35.5 Å². The van der Waals surface area contributed by atoms with Gasteiger partial charge in [0.05, 0.1) is 0 Å². The fourth-order valence-electron chi connectivity index (χ4n) is 5.46. The Bertz CT molecular complexity index is 336. The molecule has 4 bridgehead atoms. The van der Waals surface area contributed by atoms with Crippen LogP contribution in [-0.2, 0) is 15.5 Å². The Hall–Kier alpha value is 0.0700. The molecule has 0 aromatic heterocycles. The van der Waals surface area contributed by atoms with Crippen LogP contribution in [0.2, 0.25) is 0 Å². The first-order valence-electron chi connectivity index (χ1n) is 8.21. The van der Waals surface area contributed by atoms with Crippen LogP contribution < -0.4 is 5.73 Å². The zero-order chi connectivity index (χ0) is 14.2. The molecule has 2 unspecified atom stereocenters. The molecule has 0 aliphatic heterocycles. The van der Waals surface area contributed by atoms with Crippen LogP contribution in [0.5, 0.6) is 0 Å². The standard InChI is InChI=1S/C16H29NO2S/c1-19-3-2-4-20(18)11-15(17)16-8-12-5-13(9-16)7-14(6-12)10-16/h12-15H,2-11,17H2,1H3. The average Bonchev–Trinajstić information content (AvgIpc) is 2.37. The number of rotatable bonds is 7. The highest BCUT2D eigenvalue weighted by molar-refractivity contribution is 7.85. The molecule has 0 aromatic carbocycles. The van der Waals surface area contributed by atoms with Gasteiger partial charge in [0.15, 0.2) is 0 Å². The number of hydrogen-bond acceptors (Lipinski definition) is 3. The maximum Gasteiger partial charge on any atom is 0.0471 e. The van der Waals surface area contributed by atoms with E-state index in [0.29, 0.717) is 17.8 Å². The van der Waals surface area contributed by atoms with E-state index in [-0.39, 0.29) is 6.04 Å². The van der Waals surface area contributed by atoms with E-state index in [2.05, 4.69) is 0 Å². The van der Waals surface area contributed by atoms with Gasteiger partial charge in [-0.1, -0.05) is 0 Å². The van der Waals surface area contributed by atoms with Crippen molar-refractivity contribution >= 4 is 10.8 Å². The molecule has 4 saturated carbocycles. The first-order valence-corrected chi connectivity index (χ1v) is 9.69. The first kappa shape index (κ1) is 15.0. The maximum absolute atomic E-state index is 12.2. The summed E-state index contributed by atoms with van der Waals surface area (Å²) in [4.78, 5) is 0. The quantitative estimate of drug-likeness (QED) is 0.734. The van der Waals surface area contributed by atoms with Gasteiger partial charge in [-0.3, -0.25) is 4.21 Å². The summed E-state index contributed by atoms with van der Waals surface area (Å²) in [7, 11) is 0.929. The van der Waals surface area contributed by atoms with E-state index in [0.717, 1.165) is 29.9 Å². The minimum Gasteiger partial charge on any atom is -0.385 e. The molecule has 0 amide bonds. The average molecular weight is 299 g/mol. The molecule has 0 saturated heterocycles. The first-order chi connectivity index (χ1) is 9.61. The normalized spacial score (nSPS) is 41.8. The molecule has 0 heterocycles. The number of ether oxygens (including phenoxy) is 1. The molecular formula is C16H29NO2S. The van der Waals surface area contributed by atoms with Gasteiger partial charge in [0.1, 0.15) is 0 Å². The van der Waals surface area contributed by atoms with Crippen LogP contribution in [0.25, 0.3) is 0 Å². The van der Waals surface area contributed by atoms with Crippen molar-refractivity contribution < 1.29 is 8.95 Å². The Morgan fingerprint density at radius 1 is 1.20 bits per heavy atom. The largest absolute Gasteiger partial charge is 0.385 e. The van der Waals surface area contributed by atoms with Crippen LogP contribution in [0.15, 0.2) is 0 Å². The molecule has 20 heavy (non-hydrogen) atoms. The van der Waals surface area contributed by atoms with Crippen molar-refractivity contribution in [1.82, 2.24) is 0 Å². The van der Waals surface area contributed by atoms with Crippen molar-refractivity contribution in [2.24, 2.45) is 28.9 Å². The van der Waals surface area contributed by atoms with Crippen LogP contribution in [0.1, 0.15) is 44.9 Å². The fraction of sp³-hybridized carbons (Fsp3) is 1.00. The van der Waals surface area contributed by atoms with Crippen molar-refractivity contribution in [3.8, 4) is 0 Å². The Labute approximate surface area is 125 Å². The van der Waals surface area contributed by atoms with Crippen LogP contribution in [0, 0.1) is 23.2 Å². The van der Waals surface area contributed by atoms with E-state index in [9.17, 15) is 4.21 Å². The second kappa shape index (κ2) is 6.05. The third-order valence-electron chi connectivity index (χ3n) is 5.96. The number of methoxy groups -OCH3 is 1. The summed E-state index contributed by atoms with van der Waals surface area (Å²) in [6.45, 7) is 0.707. The topological polar surface area (TPSA) is 52.3 Å². The smallest absolute Gasteiger partial charge is 0.0471 e. The predicted octanol–water partition coefficient (Wildman–Crippen LogP) is 2.32. The summed E-state index contributed by atoms with van der Waals surface area (Å²) in [6, 6.07) is 0.152. The Morgan fingerprint density at radius 2 is 1.75 bits per heavy atom. The molecule has 4 heteroatoms. The van der Waals surface area contributed by atoms with Gasteiger partial charge in [0.2, 0.25) is 0 Å². The molecule has 4 fully saturated rings. The lowest BCUT2D eigenvalue weighted by atomic mass is 9.48. The molecule has 0 radical (unpaired) electrons. The lowest BCUT2D eigenvalue weighted by Crippen LogP contribution is -2.56. The minimum atomic E-state index is -0.769. The van der Waals surface area contributed by atoms with Gasteiger partial charge in [-0.25, -0.2) is 0 Å². The summed E-state index contributed by atoms with van der Waals surface area (Å²) in [6.07, 6.45) is 9.17. The van der Waals surface area contributed by atoms with Gasteiger partial charge in [-0.2, -0.15) is 0 Å². The Kier molecular flexibility index (Phi) is 4.54. The second-order valence-corrected chi connectivity index (χ2v) is 9.16. The van der Waals surface area contributed by atoms with Gasteiger partial charge in [0, 0.05) is 42.1 Å². The fourth-order valence-corrected chi connectivity index (χ4v) is 6.82. The zero-order valence-corrected chi connectivity index (χ0v) is 13.5.